The molecule has 2 aromatic rings. The number of halogens is 1. The lowest BCUT2D eigenvalue weighted by molar-refractivity contribution is 0.0951. The molecule has 1 heterocycles. The van der Waals surface area contributed by atoms with Gasteiger partial charge in [-0.1, -0.05) is 42.5 Å². The van der Waals surface area contributed by atoms with Crippen molar-refractivity contribution >= 4 is 35.8 Å². The maximum Gasteiger partial charge on any atom is 0.251 e. The van der Waals surface area contributed by atoms with Crippen LogP contribution in [-0.2, 0) is 6.54 Å². The van der Waals surface area contributed by atoms with Gasteiger partial charge in [-0.25, -0.2) is 4.99 Å². The van der Waals surface area contributed by atoms with Crippen LogP contribution in [0.15, 0.2) is 59.6 Å². The van der Waals surface area contributed by atoms with E-state index in [1.54, 1.807) is 0 Å². The SMILES string of the molecule is CCNC(=NCc1cccc(C(=O)NCCN(C)C)c1)N1CCC(c2ccccc2)C1.I. The zero-order valence-corrected chi connectivity index (χ0v) is 21.7. The van der Waals surface area contributed by atoms with E-state index in [2.05, 4.69) is 52.8 Å². The smallest absolute Gasteiger partial charge is 0.251 e. The molecule has 3 rings (SSSR count). The first-order valence-corrected chi connectivity index (χ1v) is 11.2. The summed E-state index contributed by atoms with van der Waals surface area (Å²) in [5, 5.41) is 6.41. The van der Waals surface area contributed by atoms with Crippen molar-refractivity contribution in [3.05, 3.63) is 71.3 Å². The van der Waals surface area contributed by atoms with Crippen molar-refractivity contribution in [1.29, 1.82) is 0 Å². The van der Waals surface area contributed by atoms with Crippen LogP contribution in [0.1, 0.15) is 40.7 Å². The fourth-order valence-electron chi connectivity index (χ4n) is 3.85. The topological polar surface area (TPSA) is 60.0 Å². The minimum Gasteiger partial charge on any atom is -0.357 e. The minimum absolute atomic E-state index is 0. The van der Waals surface area contributed by atoms with Gasteiger partial charge in [-0.2, -0.15) is 0 Å². The van der Waals surface area contributed by atoms with Crippen molar-refractivity contribution in [2.75, 3.05) is 46.8 Å². The third kappa shape index (κ3) is 7.78. The number of carbonyl (C=O) groups excluding carboxylic acids is 1. The van der Waals surface area contributed by atoms with E-state index in [-0.39, 0.29) is 29.9 Å². The number of rotatable bonds is 8. The molecule has 1 aliphatic heterocycles. The number of amides is 1. The highest BCUT2D eigenvalue weighted by Gasteiger charge is 2.25. The number of nitrogens with one attached hydrogen (secondary N) is 2. The van der Waals surface area contributed by atoms with E-state index >= 15 is 0 Å². The Morgan fingerprint density at radius 3 is 2.62 bits per heavy atom. The Balaban J connectivity index is 0.00000363. The molecular formula is C25H36IN5O. The van der Waals surface area contributed by atoms with Gasteiger partial charge in [0, 0.05) is 44.2 Å². The highest BCUT2D eigenvalue weighted by atomic mass is 127. The van der Waals surface area contributed by atoms with Crippen LogP contribution in [0.5, 0.6) is 0 Å². The van der Waals surface area contributed by atoms with Crippen LogP contribution in [-0.4, -0.2) is 68.5 Å². The molecule has 0 saturated carbocycles. The zero-order chi connectivity index (χ0) is 22.1. The Hall–Kier alpha value is -2.13. The molecule has 0 bridgehead atoms. The van der Waals surface area contributed by atoms with Crippen LogP contribution in [0.25, 0.3) is 0 Å². The lowest BCUT2D eigenvalue weighted by Gasteiger charge is -2.22. The summed E-state index contributed by atoms with van der Waals surface area (Å²) in [6, 6.07) is 18.5. The van der Waals surface area contributed by atoms with Crippen LogP contribution in [0, 0.1) is 0 Å². The van der Waals surface area contributed by atoms with Gasteiger partial charge in [0.1, 0.15) is 0 Å². The largest absolute Gasteiger partial charge is 0.357 e. The minimum atomic E-state index is -0.0372. The van der Waals surface area contributed by atoms with Crippen molar-refractivity contribution in [1.82, 2.24) is 20.4 Å². The number of likely N-dealkylation sites (N-methyl/N-ethyl adjacent to an activating group) is 1. The molecule has 0 aliphatic carbocycles. The lowest BCUT2D eigenvalue weighted by Crippen LogP contribution is -2.40. The monoisotopic (exact) mass is 549 g/mol. The number of likely N-dealkylation sites (tertiary alicyclic amines) is 1. The Labute approximate surface area is 209 Å². The van der Waals surface area contributed by atoms with Crippen LogP contribution in [0.3, 0.4) is 0 Å². The predicted molar refractivity (Wildman–Crippen MR) is 143 cm³/mol. The Morgan fingerprint density at radius 1 is 1.12 bits per heavy atom. The highest BCUT2D eigenvalue weighted by molar-refractivity contribution is 14.0. The molecule has 1 fully saturated rings. The summed E-state index contributed by atoms with van der Waals surface area (Å²) in [7, 11) is 3.99. The number of benzene rings is 2. The van der Waals surface area contributed by atoms with E-state index in [0.29, 0.717) is 24.6 Å². The molecular weight excluding hydrogens is 513 g/mol. The molecule has 1 atom stereocenters. The normalized spacial score (nSPS) is 16.1. The van der Waals surface area contributed by atoms with Crippen molar-refractivity contribution < 1.29 is 4.79 Å². The number of hydrogen-bond donors (Lipinski definition) is 2. The predicted octanol–water partition coefficient (Wildman–Crippen LogP) is 3.55. The van der Waals surface area contributed by atoms with Gasteiger partial charge in [-0.15, -0.1) is 24.0 Å². The van der Waals surface area contributed by atoms with Gasteiger partial charge in [-0.05, 0) is 50.7 Å². The summed E-state index contributed by atoms with van der Waals surface area (Å²) in [6.45, 7) is 6.91. The first-order chi connectivity index (χ1) is 15.1. The van der Waals surface area contributed by atoms with E-state index in [9.17, 15) is 4.79 Å². The maximum absolute atomic E-state index is 12.4. The molecule has 0 spiro atoms. The molecule has 32 heavy (non-hydrogen) atoms. The van der Waals surface area contributed by atoms with E-state index in [0.717, 1.165) is 44.1 Å². The fraction of sp³-hybridized carbons (Fsp3) is 0.440. The molecule has 1 aliphatic rings. The summed E-state index contributed by atoms with van der Waals surface area (Å²) in [6.07, 6.45) is 1.14. The van der Waals surface area contributed by atoms with Gasteiger partial charge >= 0.3 is 0 Å². The summed E-state index contributed by atoms with van der Waals surface area (Å²) in [5.41, 5.74) is 3.12. The molecule has 1 unspecified atom stereocenters. The first-order valence-electron chi connectivity index (χ1n) is 11.2. The zero-order valence-electron chi connectivity index (χ0n) is 19.4. The summed E-state index contributed by atoms with van der Waals surface area (Å²) >= 11 is 0. The number of nitrogens with zero attached hydrogens (tertiary/aromatic N) is 3. The molecule has 174 valence electrons. The van der Waals surface area contributed by atoms with Gasteiger partial charge in [0.15, 0.2) is 5.96 Å². The second kappa shape index (κ2) is 13.4. The van der Waals surface area contributed by atoms with Crippen molar-refractivity contribution in [2.24, 2.45) is 4.99 Å². The second-order valence-corrected chi connectivity index (χ2v) is 8.27. The molecule has 1 amide bonds. The maximum atomic E-state index is 12.4. The number of guanidine groups is 1. The summed E-state index contributed by atoms with van der Waals surface area (Å²) < 4.78 is 0. The molecule has 6 nitrogen and oxygen atoms in total. The van der Waals surface area contributed by atoms with Gasteiger partial charge < -0.3 is 20.4 Å². The highest BCUT2D eigenvalue weighted by Crippen LogP contribution is 2.27. The van der Waals surface area contributed by atoms with Crippen molar-refractivity contribution in [3.63, 3.8) is 0 Å². The molecule has 0 aromatic heterocycles. The Bertz CT molecular complexity index is 872. The van der Waals surface area contributed by atoms with Crippen LogP contribution < -0.4 is 10.6 Å². The average molecular weight is 550 g/mol. The van der Waals surface area contributed by atoms with Crippen LogP contribution >= 0.6 is 24.0 Å². The van der Waals surface area contributed by atoms with Crippen molar-refractivity contribution in [2.45, 2.75) is 25.8 Å². The number of aliphatic imine (C=N–C) groups is 1. The first kappa shape index (κ1) is 26.1. The Kier molecular flexibility index (Phi) is 11.0. The molecule has 2 N–H and O–H groups in total. The van der Waals surface area contributed by atoms with Crippen molar-refractivity contribution in [3.8, 4) is 0 Å². The molecule has 0 radical (unpaired) electrons. The summed E-state index contributed by atoms with van der Waals surface area (Å²) in [4.78, 5) is 21.7. The van der Waals surface area contributed by atoms with E-state index in [1.807, 2.05) is 43.3 Å². The number of carbonyl (C=O) groups is 1. The van der Waals surface area contributed by atoms with Crippen LogP contribution in [0.2, 0.25) is 0 Å². The third-order valence-corrected chi connectivity index (χ3v) is 5.54. The fourth-order valence-corrected chi connectivity index (χ4v) is 3.85. The van der Waals surface area contributed by atoms with Crippen LogP contribution in [0.4, 0.5) is 0 Å². The molecule has 2 aromatic carbocycles. The van der Waals surface area contributed by atoms with E-state index in [4.69, 9.17) is 4.99 Å². The van der Waals surface area contributed by atoms with E-state index < -0.39 is 0 Å². The average Bonchev–Trinajstić information content (AvgIpc) is 3.27. The van der Waals surface area contributed by atoms with Gasteiger partial charge in [0.2, 0.25) is 0 Å². The lowest BCUT2D eigenvalue weighted by atomic mass is 9.99. The molecule has 7 heteroatoms. The third-order valence-electron chi connectivity index (χ3n) is 5.54. The second-order valence-electron chi connectivity index (χ2n) is 8.27. The quantitative estimate of drug-likeness (QED) is 0.301. The van der Waals surface area contributed by atoms with Gasteiger partial charge in [0.05, 0.1) is 6.54 Å². The number of hydrogen-bond acceptors (Lipinski definition) is 3. The summed E-state index contributed by atoms with van der Waals surface area (Å²) in [5.74, 6) is 1.45. The van der Waals surface area contributed by atoms with Gasteiger partial charge in [-0.3, -0.25) is 4.79 Å². The Morgan fingerprint density at radius 2 is 1.91 bits per heavy atom. The van der Waals surface area contributed by atoms with E-state index in [1.165, 1.54) is 5.56 Å². The standard InChI is InChI=1S/C25H35N5O.HI/c1-4-26-25(30-15-13-23(19-30)21-10-6-5-7-11-21)28-18-20-9-8-12-22(17-20)24(31)27-14-16-29(2)3;/h5-12,17,23H,4,13-16,18-19H2,1-3H3,(H,26,28)(H,27,31);1H. The van der Waals surface area contributed by atoms with Gasteiger partial charge in [0.25, 0.3) is 5.91 Å². The molecule has 1 saturated heterocycles.